The number of fused-ring (bicyclic) bond motifs is 1. The van der Waals surface area contributed by atoms with E-state index >= 15 is 0 Å². The Morgan fingerprint density at radius 1 is 1.73 bits per heavy atom. The fourth-order valence-electron chi connectivity index (χ4n) is 1.83. The van der Waals surface area contributed by atoms with Crippen molar-refractivity contribution in [1.82, 2.24) is 5.32 Å². The lowest BCUT2D eigenvalue weighted by molar-refractivity contribution is -0.145. The molecule has 3 nitrogen and oxygen atoms in total. The first-order valence-electron chi connectivity index (χ1n) is 4.23. The molecular weight excluding hydrogens is 142 g/mol. The molecule has 0 unspecified atom stereocenters. The number of piperidine rings is 1. The summed E-state index contributed by atoms with van der Waals surface area (Å²) in [4.78, 5) is 11.2. The van der Waals surface area contributed by atoms with Crippen molar-refractivity contribution < 1.29 is 9.53 Å². The standard InChI is InChI=1S/C8H13NO2/c1-2-11-8(10)7-6-3-5(6)4-9-7/h5-7,9H,2-4H2,1H3/t5-,6+,7+/m0/s1. The van der Waals surface area contributed by atoms with Crippen molar-refractivity contribution >= 4 is 5.97 Å². The average molecular weight is 155 g/mol. The van der Waals surface area contributed by atoms with Gasteiger partial charge in [0, 0.05) is 0 Å². The summed E-state index contributed by atoms with van der Waals surface area (Å²) >= 11 is 0. The predicted molar refractivity (Wildman–Crippen MR) is 40.0 cm³/mol. The van der Waals surface area contributed by atoms with Crippen LogP contribution in [0.1, 0.15) is 13.3 Å². The Labute approximate surface area is 66.1 Å². The van der Waals surface area contributed by atoms with E-state index in [9.17, 15) is 4.79 Å². The Kier molecular flexibility index (Phi) is 1.60. The Morgan fingerprint density at radius 2 is 2.55 bits per heavy atom. The number of ether oxygens (including phenoxy) is 1. The number of nitrogens with one attached hydrogen (secondary N) is 1. The largest absolute Gasteiger partial charge is 0.465 e. The molecule has 3 heteroatoms. The smallest absolute Gasteiger partial charge is 0.323 e. The van der Waals surface area contributed by atoms with E-state index in [-0.39, 0.29) is 12.0 Å². The molecule has 3 atom stereocenters. The monoisotopic (exact) mass is 155 g/mol. The number of hydrogen-bond donors (Lipinski definition) is 1. The van der Waals surface area contributed by atoms with Crippen molar-refractivity contribution in [3.8, 4) is 0 Å². The molecule has 2 fully saturated rings. The second-order valence-electron chi connectivity index (χ2n) is 3.30. The van der Waals surface area contributed by atoms with Crippen LogP contribution in [0.15, 0.2) is 0 Å². The third kappa shape index (κ3) is 1.13. The molecule has 0 spiro atoms. The van der Waals surface area contributed by atoms with Gasteiger partial charge in [-0.3, -0.25) is 4.79 Å². The Bertz CT molecular complexity index is 181. The van der Waals surface area contributed by atoms with Crippen LogP contribution in [0, 0.1) is 11.8 Å². The van der Waals surface area contributed by atoms with Crippen molar-refractivity contribution in [3.05, 3.63) is 0 Å². The summed E-state index contributed by atoms with van der Waals surface area (Å²) in [5, 5.41) is 3.17. The highest BCUT2D eigenvalue weighted by atomic mass is 16.5. The molecule has 1 saturated heterocycles. The van der Waals surface area contributed by atoms with E-state index in [0.717, 1.165) is 12.5 Å². The van der Waals surface area contributed by atoms with Gasteiger partial charge in [0.25, 0.3) is 0 Å². The molecule has 0 aromatic rings. The van der Waals surface area contributed by atoms with E-state index in [1.165, 1.54) is 6.42 Å². The number of rotatable bonds is 2. The van der Waals surface area contributed by atoms with Gasteiger partial charge in [0.1, 0.15) is 6.04 Å². The maximum Gasteiger partial charge on any atom is 0.323 e. The first kappa shape index (κ1) is 7.10. The van der Waals surface area contributed by atoms with E-state index < -0.39 is 0 Å². The van der Waals surface area contributed by atoms with Gasteiger partial charge in [-0.15, -0.1) is 0 Å². The van der Waals surface area contributed by atoms with Crippen LogP contribution in [0.2, 0.25) is 0 Å². The molecule has 1 N–H and O–H groups in total. The van der Waals surface area contributed by atoms with Crippen LogP contribution in [-0.2, 0) is 9.53 Å². The maximum atomic E-state index is 11.2. The van der Waals surface area contributed by atoms with Crippen LogP contribution in [-0.4, -0.2) is 25.2 Å². The molecule has 1 aliphatic carbocycles. The summed E-state index contributed by atoms with van der Waals surface area (Å²) in [6, 6.07) is 0.0138. The van der Waals surface area contributed by atoms with Gasteiger partial charge in [0.2, 0.25) is 0 Å². The third-order valence-corrected chi connectivity index (χ3v) is 2.55. The van der Waals surface area contributed by atoms with Gasteiger partial charge < -0.3 is 10.1 Å². The number of esters is 1. The van der Waals surface area contributed by atoms with Crippen LogP contribution < -0.4 is 5.32 Å². The highest BCUT2D eigenvalue weighted by molar-refractivity contribution is 5.77. The summed E-state index contributed by atoms with van der Waals surface area (Å²) in [7, 11) is 0. The molecular formula is C8H13NO2. The van der Waals surface area contributed by atoms with Gasteiger partial charge in [-0.2, -0.15) is 0 Å². The fraction of sp³-hybridized carbons (Fsp3) is 0.875. The fourth-order valence-corrected chi connectivity index (χ4v) is 1.83. The minimum atomic E-state index is -0.0579. The molecule has 1 aliphatic heterocycles. The number of carbonyl (C=O) groups is 1. The molecule has 0 bridgehead atoms. The highest BCUT2D eigenvalue weighted by Crippen LogP contribution is 2.45. The Morgan fingerprint density at radius 3 is 3.00 bits per heavy atom. The minimum Gasteiger partial charge on any atom is -0.465 e. The van der Waals surface area contributed by atoms with Crippen molar-refractivity contribution in [2.45, 2.75) is 19.4 Å². The van der Waals surface area contributed by atoms with E-state index in [0.29, 0.717) is 12.5 Å². The molecule has 11 heavy (non-hydrogen) atoms. The van der Waals surface area contributed by atoms with E-state index in [1.807, 2.05) is 6.92 Å². The molecule has 0 aromatic heterocycles. The van der Waals surface area contributed by atoms with Gasteiger partial charge >= 0.3 is 5.97 Å². The topological polar surface area (TPSA) is 38.3 Å². The average Bonchev–Trinajstić information content (AvgIpc) is 2.63. The quantitative estimate of drug-likeness (QED) is 0.577. The van der Waals surface area contributed by atoms with Crippen molar-refractivity contribution in [2.75, 3.05) is 13.2 Å². The van der Waals surface area contributed by atoms with Crippen LogP contribution in [0.25, 0.3) is 0 Å². The Hall–Kier alpha value is -0.570. The van der Waals surface area contributed by atoms with Crippen LogP contribution in [0.4, 0.5) is 0 Å². The second kappa shape index (κ2) is 2.48. The Balaban J connectivity index is 1.89. The first-order chi connectivity index (χ1) is 5.33. The zero-order valence-electron chi connectivity index (χ0n) is 6.67. The zero-order chi connectivity index (χ0) is 7.84. The summed E-state index contributed by atoms with van der Waals surface area (Å²) in [5.74, 6) is 1.30. The van der Waals surface area contributed by atoms with Crippen molar-refractivity contribution in [1.29, 1.82) is 0 Å². The molecule has 2 rings (SSSR count). The predicted octanol–water partition coefficient (Wildman–Crippen LogP) is 0.157. The van der Waals surface area contributed by atoms with E-state index in [2.05, 4.69) is 5.32 Å². The second-order valence-corrected chi connectivity index (χ2v) is 3.30. The molecule has 0 amide bonds. The minimum absolute atomic E-state index is 0.0138. The van der Waals surface area contributed by atoms with E-state index in [1.54, 1.807) is 0 Å². The van der Waals surface area contributed by atoms with Crippen LogP contribution in [0.3, 0.4) is 0 Å². The lowest BCUT2D eigenvalue weighted by Gasteiger charge is -2.10. The zero-order valence-corrected chi connectivity index (χ0v) is 6.67. The SMILES string of the molecule is CCOC(=O)[C@@H]1NC[C@@H]2C[C@H]21. The summed E-state index contributed by atoms with van der Waals surface area (Å²) in [5.41, 5.74) is 0. The summed E-state index contributed by atoms with van der Waals surface area (Å²) in [6.07, 6.45) is 1.22. The molecule has 62 valence electrons. The molecule has 1 heterocycles. The first-order valence-corrected chi connectivity index (χ1v) is 4.23. The summed E-state index contributed by atoms with van der Waals surface area (Å²) < 4.78 is 4.92. The highest BCUT2D eigenvalue weighted by Gasteiger charge is 2.51. The van der Waals surface area contributed by atoms with Crippen LogP contribution in [0.5, 0.6) is 0 Å². The van der Waals surface area contributed by atoms with Gasteiger partial charge in [-0.1, -0.05) is 0 Å². The normalized spacial score (nSPS) is 39.9. The lowest BCUT2D eigenvalue weighted by Crippen LogP contribution is -2.36. The van der Waals surface area contributed by atoms with Gasteiger partial charge in [-0.05, 0) is 31.7 Å². The summed E-state index contributed by atoms with van der Waals surface area (Å²) in [6.45, 7) is 3.35. The lowest BCUT2D eigenvalue weighted by atomic mass is 10.2. The van der Waals surface area contributed by atoms with Gasteiger partial charge in [0.15, 0.2) is 0 Å². The third-order valence-electron chi connectivity index (χ3n) is 2.55. The number of hydrogen-bond acceptors (Lipinski definition) is 3. The molecule has 0 aromatic carbocycles. The van der Waals surface area contributed by atoms with Crippen molar-refractivity contribution in [2.24, 2.45) is 11.8 Å². The van der Waals surface area contributed by atoms with Gasteiger partial charge in [0.05, 0.1) is 6.61 Å². The molecule has 2 aliphatic rings. The molecule has 1 saturated carbocycles. The molecule has 0 radical (unpaired) electrons. The van der Waals surface area contributed by atoms with Gasteiger partial charge in [-0.25, -0.2) is 0 Å². The van der Waals surface area contributed by atoms with Crippen molar-refractivity contribution in [3.63, 3.8) is 0 Å². The number of carbonyl (C=O) groups excluding carboxylic acids is 1. The van der Waals surface area contributed by atoms with Crippen LogP contribution >= 0.6 is 0 Å². The van der Waals surface area contributed by atoms with E-state index in [4.69, 9.17) is 4.74 Å². The maximum absolute atomic E-state index is 11.2.